The Hall–Kier alpha value is -1.39. The van der Waals surface area contributed by atoms with Gasteiger partial charge < -0.3 is 4.57 Å². The summed E-state index contributed by atoms with van der Waals surface area (Å²) in [6, 6.07) is 13.6. The van der Waals surface area contributed by atoms with Crippen LogP contribution >= 0.6 is 31.9 Å². The molecule has 0 aliphatic rings. The molecule has 2 nitrogen and oxygen atoms in total. The first-order valence-corrected chi connectivity index (χ1v) is 7.70. The first kappa shape index (κ1) is 13.6. The minimum absolute atomic E-state index is 0.0231. The normalized spacial score (nSPS) is 10.9. The molecule has 0 aliphatic heterocycles. The molecular weight excluding hydrogens is 382 g/mol. The number of ketones is 1. The van der Waals surface area contributed by atoms with Crippen molar-refractivity contribution in [2.75, 3.05) is 0 Å². The lowest BCUT2D eigenvalue weighted by atomic mass is 10.0. The molecule has 2 aromatic carbocycles. The molecule has 0 saturated carbocycles. The summed E-state index contributed by atoms with van der Waals surface area (Å²) < 4.78 is 3.68. The van der Waals surface area contributed by atoms with Crippen LogP contribution in [0, 0.1) is 0 Å². The molecular formula is C16H11Br2NO. The largest absolute Gasteiger partial charge is 0.350 e. The molecule has 0 saturated heterocycles. The number of rotatable bonds is 2. The Bertz CT molecular complexity index is 820. The molecule has 0 fully saturated rings. The summed E-state index contributed by atoms with van der Waals surface area (Å²) in [6.07, 6.45) is 1.89. The van der Waals surface area contributed by atoms with Crippen molar-refractivity contribution in [3.05, 3.63) is 68.7 Å². The third-order valence-electron chi connectivity index (χ3n) is 3.31. The number of aromatic nitrogens is 1. The van der Waals surface area contributed by atoms with Crippen LogP contribution in [0.3, 0.4) is 0 Å². The van der Waals surface area contributed by atoms with Crippen molar-refractivity contribution >= 4 is 48.5 Å². The Labute approximate surface area is 133 Å². The van der Waals surface area contributed by atoms with E-state index < -0.39 is 0 Å². The third-order valence-corrected chi connectivity index (χ3v) is 4.50. The van der Waals surface area contributed by atoms with Gasteiger partial charge in [-0.2, -0.15) is 0 Å². The highest BCUT2D eigenvalue weighted by atomic mass is 79.9. The second-order valence-corrected chi connectivity index (χ2v) is 6.39. The van der Waals surface area contributed by atoms with E-state index in [9.17, 15) is 4.79 Å². The number of hydrogen-bond donors (Lipinski definition) is 0. The van der Waals surface area contributed by atoms with E-state index in [0.29, 0.717) is 5.56 Å². The summed E-state index contributed by atoms with van der Waals surface area (Å²) >= 11 is 6.86. The van der Waals surface area contributed by atoms with Crippen molar-refractivity contribution in [3.8, 4) is 0 Å². The minimum atomic E-state index is 0.0231. The smallest absolute Gasteiger partial charge is 0.196 e. The van der Waals surface area contributed by atoms with Crippen molar-refractivity contribution in [2.24, 2.45) is 7.05 Å². The zero-order chi connectivity index (χ0) is 14.3. The van der Waals surface area contributed by atoms with Crippen LogP contribution in [0.15, 0.2) is 57.6 Å². The van der Waals surface area contributed by atoms with Gasteiger partial charge in [0, 0.05) is 44.2 Å². The molecule has 1 aromatic heterocycles. The van der Waals surface area contributed by atoms with Gasteiger partial charge in [0.2, 0.25) is 0 Å². The molecule has 0 amide bonds. The summed E-state index contributed by atoms with van der Waals surface area (Å²) in [5.74, 6) is 0.0231. The van der Waals surface area contributed by atoms with E-state index in [1.807, 2.05) is 60.3 Å². The quantitative estimate of drug-likeness (QED) is 0.566. The molecule has 20 heavy (non-hydrogen) atoms. The van der Waals surface area contributed by atoms with Crippen LogP contribution in [0.4, 0.5) is 0 Å². The number of nitrogens with zero attached hydrogens (tertiary/aromatic N) is 1. The average molecular weight is 393 g/mol. The summed E-state index contributed by atoms with van der Waals surface area (Å²) in [6.45, 7) is 0. The summed E-state index contributed by atoms with van der Waals surface area (Å²) in [7, 11) is 1.95. The number of aryl methyl sites for hydroxylation is 1. The van der Waals surface area contributed by atoms with E-state index in [0.717, 1.165) is 25.4 Å². The zero-order valence-corrected chi connectivity index (χ0v) is 13.9. The van der Waals surface area contributed by atoms with E-state index in [2.05, 4.69) is 31.9 Å². The fourth-order valence-electron chi connectivity index (χ4n) is 2.34. The lowest BCUT2D eigenvalue weighted by Gasteiger charge is -2.03. The van der Waals surface area contributed by atoms with E-state index >= 15 is 0 Å². The van der Waals surface area contributed by atoms with Crippen LogP contribution in [0.25, 0.3) is 10.9 Å². The summed E-state index contributed by atoms with van der Waals surface area (Å²) in [4.78, 5) is 12.8. The maximum absolute atomic E-state index is 12.8. The van der Waals surface area contributed by atoms with E-state index in [4.69, 9.17) is 0 Å². The monoisotopic (exact) mass is 391 g/mol. The van der Waals surface area contributed by atoms with Crippen molar-refractivity contribution in [1.29, 1.82) is 0 Å². The first-order valence-electron chi connectivity index (χ1n) is 6.12. The Morgan fingerprint density at radius 2 is 1.80 bits per heavy atom. The number of halogens is 2. The van der Waals surface area contributed by atoms with Crippen molar-refractivity contribution in [3.63, 3.8) is 0 Å². The van der Waals surface area contributed by atoms with Gasteiger partial charge in [0.15, 0.2) is 5.78 Å². The average Bonchev–Trinajstić information content (AvgIpc) is 2.79. The molecule has 3 rings (SSSR count). The molecule has 0 aliphatic carbocycles. The molecule has 0 atom stereocenters. The van der Waals surface area contributed by atoms with Gasteiger partial charge in [0.05, 0.1) is 0 Å². The number of hydrogen-bond acceptors (Lipinski definition) is 1. The molecule has 4 heteroatoms. The van der Waals surface area contributed by atoms with Crippen LogP contribution in [-0.2, 0) is 7.05 Å². The SMILES string of the molecule is Cn1cc(C(=O)c2cc(Br)ccc2Br)c2ccccc21. The highest BCUT2D eigenvalue weighted by Gasteiger charge is 2.17. The highest BCUT2D eigenvalue weighted by Crippen LogP contribution is 2.28. The number of carbonyl (C=O) groups excluding carboxylic acids is 1. The summed E-state index contributed by atoms with van der Waals surface area (Å²) in [5.41, 5.74) is 2.44. The molecule has 100 valence electrons. The van der Waals surface area contributed by atoms with Gasteiger partial charge in [-0.15, -0.1) is 0 Å². The molecule has 0 bridgehead atoms. The van der Waals surface area contributed by atoms with E-state index in [1.165, 1.54) is 0 Å². The van der Waals surface area contributed by atoms with E-state index in [1.54, 1.807) is 0 Å². The number of para-hydroxylation sites is 1. The van der Waals surface area contributed by atoms with Crippen molar-refractivity contribution in [1.82, 2.24) is 4.57 Å². The zero-order valence-electron chi connectivity index (χ0n) is 10.7. The lowest BCUT2D eigenvalue weighted by Crippen LogP contribution is -2.01. The fraction of sp³-hybridized carbons (Fsp3) is 0.0625. The fourth-order valence-corrected chi connectivity index (χ4v) is 3.13. The number of fused-ring (bicyclic) bond motifs is 1. The molecule has 0 spiro atoms. The van der Waals surface area contributed by atoms with E-state index in [-0.39, 0.29) is 5.78 Å². The predicted molar refractivity (Wildman–Crippen MR) is 88.2 cm³/mol. The van der Waals surface area contributed by atoms with Gasteiger partial charge >= 0.3 is 0 Å². The van der Waals surface area contributed by atoms with Gasteiger partial charge in [-0.1, -0.05) is 50.1 Å². The highest BCUT2D eigenvalue weighted by molar-refractivity contribution is 9.11. The molecule has 0 unspecified atom stereocenters. The van der Waals surface area contributed by atoms with Crippen LogP contribution in [0.1, 0.15) is 15.9 Å². The summed E-state index contributed by atoms with van der Waals surface area (Å²) in [5, 5.41) is 0.979. The molecule has 3 aromatic rings. The van der Waals surface area contributed by atoms with Crippen LogP contribution in [0.5, 0.6) is 0 Å². The van der Waals surface area contributed by atoms with Crippen LogP contribution in [0.2, 0.25) is 0 Å². The standard InChI is InChI=1S/C16H11Br2NO/c1-19-9-13(11-4-2-3-5-15(11)19)16(20)12-8-10(17)6-7-14(12)18/h2-9H,1H3. The van der Waals surface area contributed by atoms with Crippen molar-refractivity contribution < 1.29 is 4.79 Å². The Morgan fingerprint density at radius 1 is 1.05 bits per heavy atom. The van der Waals surface area contributed by atoms with Crippen LogP contribution < -0.4 is 0 Å². The molecule has 0 radical (unpaired) electrons. The maximum Gasteiger partial charge on any atom is 0.196 e. The second kappa shape index (κ2) is 5.19. The Kier molecular flexibility index (Phi) is 3.52. The first-order chi connectivity index (χ1) is 9.58. The van der Waals surface area contributed by atoms with Gasteiger partial charge in [-0.05, 0) is 24.3 Å². The van der Waals surface area contributed by atoms with Gasteiger partial charge in [-0.25, -0.2) is 0 Å². The molecule has 0 N–H and O–H groups in total. The predicted octanol–water partition coefficient (Wildman–Crippen LogP) is 4.93. The lowest BCUT2D eigenvalue weighted by molar-refractivity contribution is 0.103. The number of carbonyl (C=O) groups is 1. The Morgan fingerprint density at radius 3 is 2.60 bits per heavy atom. The maximum atomic E-state index is 12.8. The topological polar surface area (TPSA) is 22.0 Å². The third kappa shape index (κ3) is 2.23. The van der Waals surface area contributed by atoms with Gasteiger partial charge in [-0.3, -0.25) is 4.79 Å². The Balaban J connectivity index is 2.20. The van der Waals surface area contributed by atoms with Gasteiger partial charge in [0.25, 0.3) is 0 Å². The number of benzene rings is 2. The van der Waals surface area contributed by atoms with Gasteiger partial charge in [0.1, 0.15) is 0 Å². The second-order valence-electron chi connectivity index (χ2n) is 4.62. The molecule has 1 heterocycles. The van der Waals surface area contributed by atoms with Crippen LogP contribution in [-0.4, -0.2) is 10.4 Å². The minimum Gasteiger partial charge on any atom is -0.350 e. The van der Waals surface area contributed by atoms with Crippen molar-refractivity contribution in [2.45, 2.75) is 0 Å².